The normalized spacial score (nSPS) is 10.9. The first kappa shape index (κ1) is 15.2. The van der Waals surface area contributed by atoms with Crippen LogP contribution in [0.25, 0.3) is 11.4 Å². The minimum absolute atomic E-state index is 0.00273. The fourth-order valence-electron chi connectivity index (χ4n) is 1.98. The van der Waals surface area contributed by atoms with Gasteiger partial charge in [-0.05, 0) is 25.8 Å². The van der Waals surface area contributed by atoms with E-state index in [0.717, 1.165) is 12.0 Å². The van der Waals surface area contributed by atoms with E-state index in [-0.39, 0.29) is 11.9 Å². The van der Waals surface area contributed by atoms with Gasteiger partial charge in [0.25, 0.3) is 0 Å². The number of carbonyl (C=O) groups is 1. The van der Waals surface area contributed by atoms with E-state index in [0.29, 0.717) is 24.6 Å². The summed E-state index contributed by atoms with van der Waals surface area (Å²) < 4.78 is 5.19. The van der Waals surface area contributed by atoms with Crippen LogP contribution >= 0.6 is 0 Å². The van der Waals surface area contributed by atoms with E-state index in [2.05, 4.69) is 34.5 Å². The lowest BCUT2D eigenvalue weighted by atomic mass is 10.1. The molecule has 0 aliphatic carbocycles. The summed E-state index contributed by atoms with van der Waals surface area (Å²) >= 11 is 0. The second kappa shape index (κ2) is 7.02. The molecule has 21 heavy (non-hydrogen) atoms. The summed E-state index contributed by atoms with van der Waals surface area (Å²) in [6.07, 6.45) is 1.82. The van der Waals surface area contributed by atoms with E-state index in [1.165, 1.54) is 5.56 Å². The van der Waals surface area contributed by atoms with Gasteiger partial charge in [-0.3, -0.25) is 4.79 Å². The van der Waals surface area contributed by atoms with Gasteiger partial charge in [0.2, 0.25) is 17.6 Å². The van der Waals surface area contributed by atoms with Gasteiger partial charge in [-0.25, -0.2) is 0 Å². The van der Waals surface area contributed by atoms with Crippen molar-refractivity contribution in [2.75, 3.05) is 0 Å². The van der Waals surface area contributed by atoms with Crippen LogP contribution in [0.1, 0.15) is 38.6 Å². The molecule has 1 amide bonds. The molecule has 0 unspecified atom stereocenters. The van der Waals surface area contributed by atoms with Crippen LogP contribution in [0, 0.1) is 0 Å². The molecule has 0 saturated carbocycles. The molecule has 0 aliphatic heterocycles. The zero-order chi connectivity index (χ0) is 15.2. The molecule has 0 radical (unpaired) electrons. The lowest BCUT2D eigenvalue weighted by molar-refractivity contribution is -0.121. The van der Waals surface area contributed by atoms with E-state index in [1.54, 1.807) is 0 Å². The van der Waals surface area contributed by atoms with Gasteiger partial charge >= 0.3 is 0 Å². The van der Waals surface area contributed by atoms with Crippen molar-refractivity contribution in [3.63, 3.8) is 0 Å². The third kappa shape index (κ3) is 4.41. The highest BCUT2D eigenvalue weighted by atomic mass is 16.5. The van der Waals surface area contributed by atoms with Crippen LogP contribution in [-0.2, 0) is 17.6 Å². The Kier molecular flexibility index (Phi) is 5.09. The Bertz CT molecular complexity index is 588. The van der Waals surface area contributed by atoms with Crippen LogP contribution in [0.15, 0.2) is 28.8 Å². The zero-order valence-electron chi connectivity index (χ0n) is 12.7. The summed E-state index contributed by atoms with van der Waals surface area (Å²) in [5.41, 5.74) is 2.20. The average Bonchev–Trinajstić information content (AvgIpc) is 2.93. The van der Waals surface area contributed by atoms with Gasteiger partial charge in [-0.1, -0.05) is 36.3 Å². The van der Waals surface area contributed by atoms with Crippen LogP contribution < -0.4 is 5.32 Å². The molecule has 2 rings (SSSR count). The van der Waals surface area contributed by atoms with Crippen molar-refractivity contribution in [2.24, 2.45) is 0 Å². The van der Waals surface area contributed by atoms with Gasteiger partial charge in [0.05, 0.1) is 0 Å². The molecule has 1 aromatic heterocycles. The van der Waals surface area contributed by atoms with E-state index < -0.39 is 0 Å². The standard InChI is InChI=1S/C16H21N3O2/c1-4-12-5-7-13(8-6-12)16-18-15(21-19-16)10-9-14(20)17-11(2)3/h5-8,11H,4,9-10H2,1-3H3,(H,17,20). The van der Waals surface area contributed by atoms with E-state index in [9.17, 15) is 4.79 Å². The fourth-order valence-corrected chi connectivity index (χ4v) is 1.98. The lowest BCUT2D eigenvalue weighted by Crippen LogP contribution is -2.30. The Hall–Kier alpha value is -2.17. The number of benzene rings is 1. The molecule has 5 nitrogen and oxygen atoms in total. The molecule has 5 heteroatoms. The Morgan fingerprint density at radius 3 is 2.62 bits per heavy atom. The highest BCUT2D eigenvalue weighted by Crippen LogP contribution is 2.17. The minimum atomic E-state index is -0.00273. The average molecular weight is 287 g/mol. The monoisotopic (exact) mass is 287 g/mol. The predicted molar refractivity (Wildman–Crippen MR) is 80.7 cm³/mol. The second-order valence-corrected chi connectivity index (χ2v) is 5.28. The molecule has 2 aromatic rings. The number of nitrogens with one attached hydrogen (secondary N) is 1. The summed E-state index contributed by atoms with van der Waals surface area (Å²) in [5.74, 6) is 1.05. The SMILES string of the molecule is CCc1ccc(-c2noc(CCC(=O)NC(C)C)n2)cc1. The summed E-state index contributed by atoms with van der Waals surface area (Å²) in [5, 5.41) is 6.80. The first-order chi connectivity index (χ1) is 10.1. The van der Waals surface area contributed by atoms with E-state index in [4.69, 9.17) is 4.52 Å². The number of nitrogens with zero attached hydrogens (tertiary/aromatic N) is 2. The Morgan fingerprint density at radius 1 is 1.29 bits per heavy atom. The Morgan fingerprint density at radius 2 is 2.00 bits per heavy atom. The van der Waals surface area contributed by atoms with Gasteiger partial charge in [0.15, 0.2) is 0 Å². The van der Waals surface area contributed by atoms with Crippen LogP contribution in [0.4, 0.5) is 0 Å². The maximum atomic E-state index is 11.6. The highest BCUT2D eigenvalue weighted by molar-refractivity contribution is 5.76. The van der Waals surface area contributed by atoms with Crippen LogP contribution in [0.2, 0.25) is 0 Å². The molecular weight excluding hydrogens is 266 g/mol. The van der Waals surface area contributed by atoms with Gasteiger partial charge in [0, 0.05) is 24.4 Å². The molecular formula is C16H21N3O2. The lowest BCUT2D eigenvalue weighted by Gasteiger charge is -2.06. The topological polar surface area (TPSA) is 68.0 Å². The molecule has 0 fully saturated rings. The maximum Gasteiger partial charge on any atom is 0.227 e. The number of hydrogen-bond acceptors (Lipinski definition) is 4. The smallest absolute Gasteiger partial charge is 0.227 e. The molecule has 1 heterocycles. The van der Waals surface area contributed by atoms with Crippen molar-refractivity contribution in [1.82, 2.24) is 15.5 Å². The number of aryl methyl sites for hydroxylation is 2. The second-order valence-electron chi connectivity index (χ2n) is 5.28. The van der Waals surface area contributed by atoms with Gasteiger partial charge in [-0.15, -0.1) is 0 Å². The summed E-state index contributed by atoms with van der Waals surface area (Å²) in [4.78, 5) is 15.9. The molecule has 0 spiro atoms. The van der Waals surface area contributed by atoms with Crippen LogP contribution in [0.3, 0.4) is 0 Å². The van der Waals surface area contributed by atoms with Gasteiger partial charge < -0.3 is 9.84 Å². The fraction of sp³-hybridized carbons (Fsp3) is 0.438. The van der Waals surface area contributed by atoms with Crippen molar-refractivity contribution in [2.45, 2.75) is 46.1 Å². The quantitative estimate of drug-likeness (QED) is 0.887. The molecule has 112 valence electrons. The first-order valence-electron chi connectivity index (χ1n) is 7.29. The Balaban J connectivity index is 1.96. The van der Waals surface area contributed by atoms with Gasteiger partial charge in [-0.2, -0.15) is 4.98 Å². The summed E-state index contributed by atoms with van der Waals surface area (Å²) in [6, 6.07) is 8.23. The summed E-state index contributed by atoms with van der Waals surface area (Å²) in [7, 11) is 0. The molecule has 0 atom stereocenters. The molecule has 0 saturated heterocycles. The van der Waals surface area contributed by atoms with E-state index in [1.807, 2.05) is 26.0 Å². The van der Waals surface area contributed by atoms with Crippen molar-refractivity contribution in [3.05, 3.63) is 35.7 Å². The third-order valence-electron chi connectivity index (χ3n) is 3.10. The van der Waals surface area contributed by atoms with E-state index >= 15 is 0 Å². The van der Waals surface area contributed by atoms with Crippen molar-refractivity contribution < 1.29 is 9.32 Å². The molecule has 0 aliphatic rings. The molecule has 0 bridgehead atoms. The maximum absolute atomic E-state index is 11.6. The number of hydrogen-bond donors (Lipinski definition) is 1. The minimum Gasteiger partial charge on any atom is -0.354 e. The first-order valence-corrected chi connectivity index (χ1v) is 7.29. The van der Waals surface area contributed by atoms with Crippen LogP contribution in [0.5, 0.6) is 0 Å². The molecule has 1 N–H and O–H groups in total. The Labute approximate surface area is 124 Å². The van der Waals surface area contributed by atoms with Gasteiger partial charge in [0.1, 0.15) is 0 Å². The van der Waals surface area contributed by atoms with Crippen molar-refractivity contribution in [1.29, 1.82) is 0 Å². The largest absolute Gasteiger partial charge is 0.354 e. The van der Waals surface area contributed by atoms with Crippen molar-refractivity contribution in [3.8, 4) is 11.4 Å². The van der Waals surface area contributed by atoms with Crippen molar-refractivity contribution >= 4 is 5.91 Å². The number of aromatic nitrogens is 2. The van der Waals surface area contributed by atoms with Crippen LogP contribution in [-0.4, -0.2) is 22.1 Å². The number of rotatable bonds is 6. The third-order valence-corrected chi connectivity index (χ3v) is 3.10. The summed E-state index contributed by atoms with van der Waals surface area (Å²) in [6.45, 7) is 5.98. The molecule has 1 aromatic carbocycles. The highest BCUT2D eigenvalue weighted by Gasteiger charge is 2.11. The number of amides is 1. The zero-order valence-corrected chi connectivity index (χ0v) is 12.7. The predicted octanol–water partition coefficient (Wildman–Crippen LogP) is 2.76. The number of carbonyl (C=O) groups excluding carboxylic acids is 1.